The molecule has 0 spiro atoms. The molecule has 102 valence electrons. The Morgan fingerprint density at radius 1 is 1.22 bits per heavy atom. The molecule has 0 saturated carbocycles. The second kappa shape index (κ2) is 8.85. The van der Waals surface area contributed by atoms with Crippen LogP contribution in [0.15, 0.2) is 18.3 Å². The van der Waals surface area contributed by atoms with Crippen LogP contribution < -0.4 is 10.5 Å². The summed E-state index contributed by atoms with van der Waals surface area (Å²) in [4.78, 5) is 4.17. The second-order valence-corrected chi connectivity index (χ2v) is 4.03. The van der Waals surface area contributed by atoms with Crippen molar-refractivity contribution in [3.8, 4) is 5.88 Å². The van der Waals surface area contributed by atoms with E-state index in [4.69, 9.17) is 19.9 Å². The first kappa shape index (κ1) is 14.9. The number of ether oxygens (including phenoxy) is 3. The molecule has 2 N–H and O–H groups in total. The summed E-state index contributed by atoms with van der Waals surface area (Å²) in [6, 6.07) is 3.74. The topological polar surface area (TPSA) is 66.6 Å². The van der Waals surface area contributed by atoms with Crippen molar-refractivity contribution in [3.63, 3.8) is 0 Å². The van der Waals surface area contributed by atoms with Gasteiger partial charge in [0.25, 0.3) is 0 Å². The van der Waals surface area contributed by atoms with Gasteiger partial charge in [-0.25, -0.2) is 4.98 Å². The van der Waals surface area contributed by atoms with Gasteiger partial charge < -0.3 is 19.9 Å². The summed E-state index contributed by atoms with van der Waals surface area (Å²) in [6.07, 6.45) is 2.64. The van der Waals surface area contributed by atoms with E-state index in [0.717, 1.165) is 18.6 Å². The minimum atomic E-state index is -0.00401. The Bertz CT molecular complexity index is 315. The SMILES string of the molecule is COCCCOCCOc1ccc([C@H](C)N)cn1. The summed E-state index contributed by atoms with van der Waals surface area (Å²) in [6.45, 7) is 4.39. The van der Waals surface area contributed by atoms with Crippen LogP contribution in [0.2, 0.25) is 0 Å². The van der Waals surface area contributed by atoms with E-state index in [1.54, 1.807) is 13.3 Å². The molecule has 1 aromatic heterocycles. The molecule has 0 amide bonds. The molecule has 0 saturated heterocycles. The molecule has 18 heavy (non-hydrogen) atoms. The van der Waals surface area contributed by atoms with Gasteiger partial charge in [0.05, 0.1) is 6.61 Å². The van der Waals surface area contributed by atoms with E-state index in [1.165, 1.54) is 0 Å². The van der Waals surface area contributed by atoms with Crippen LogP contribution >= 0.6 is 0 Å². The van der Waals surface area contributed by atoms with Crippen LogP contribution in [0.25, 0.3) is 0 Å². The molecule has 1 aromatic rings. The summed E-state index contributed by atoms with van der Waals surface area (Å²) < 4.78 is 15.7. The van der Waals surface area contributed by atoms with E-state index in [2.05, 4.69) is 4.98 Å². The number of aromatic nitrogens is 1. The highest BCUT2D eigenvalue weighted by Gasteiger charge is 2.00. The highest BCUT2D eigenvalue weighted by atomic mass is 16.5. The van der Waals surface area contributed by atoms with E-state index in [0.29, 0.717) is 25.7 Å². The van der Waals surface area contributed by atoms with Crippen molar-refractivity contribution >= 4 is 0 Å². The zero-order chi connectivity index (χ0) is 13.2. The predicted octanol–water partition coefficient (Wildman–Crippen LogP) is 1.53. The molecule has 0 aliphatic heterocycles. The summed E-state index contributed by atoms with van der Waals surface area (Å²) in [7, 11) is 1.68. The first-order chi connectivity index (χ1) is 8.74. The molecule has 0 aliphatic carbocycles. The Morgan fingerprint density at radius 2 is 2.06 bits per heavy atom. The van der Waals surface area contributed by atoms with E-state index < -0.39 is 0 Å². The van der Waals surface area contributed by atoms with Crippen LogP contribution in [0, 0.1) is 0 Å². The fourth-order valence-corrected chi connectivity index (χ4v) is 1.36. The molecule has 0 radical (unpaired) electrons. The summed E-state index contributed by atoms with van der Waals surface area (Å²) >= 11 is 0. The highest BCUT2D eigenvalue weighted by molar-refractivity contribution is 5.19. The lowest BCUT2D eigenvalue weighted by molar-refractivity contribution is 0.0795. The van der Waals surface area contributed by atoms with Crippen LogP contribution in [0.5, 0.6) is 5.88 Å². The Labute approximate surface area is 108 Å². The average Bonchev–Trinajstić information content (AvgIpc) is 2.38. The zero-order valence-corrected chi connectivity index (χ0v) is 11.1. The lowest BCUT2D eigenvalue weighted by Crippen LogP contribution is -2.10. The lowest BCUT2D eigenvalue weighted by atomic mass is 10.2. The van der Waals surface area contributed by atoms with Gasteiger partial charge in [0.15, 0.2) is 0 Å². The molecule has 5 nitrogen and oxygen atoms in total. The third-order valence-corrected chi connectivity index (χ3v) is 2.40. The van der Waals surface area contributed by atoms with Gasteiger partial charge in [0, 0.05) is 38.6 Å². The van der Waals surface area contributed by atoms with Crippen molar-refractivity contribution in [1.82, 2.24) is 4.98 Å². The number of pyridine rings is 1. The normalized spacial score (nSPS) is 12.4. The molecule has 5 heteroatoms. The number of hydrogen-bond acceptors (Lipinski definition) is 5. The summed E-state index contributed by atoms with van der Waals surface area (Å²) in [5.41, 5.74) is 6.73. The molecule has 0 aromatic carbocycles. The minimum absolute atomic E-state index is 0.00401. The molecular formula is C13H22N2O3. The number of methoxy groups -OCH3 is 1. The maximum Gasteiger partial charge on any atom is 0.213 e. The number of nitrogens with two attached hydrogens (primary N) is 1. The smallest absolute Gasteiger partial charge is 0.213 e. The summed E-state index contributed by atoms with van der Waals surface area (Å²) in [5, 5.41) is 0. The number of nitrogens with zero attached hydrogens (tertiary/aromatic N) is 1. The maximum absolute atomic E-state index is 5.73. The fraction of sp³-hybridized carbons (Fsp3) is 0.615. The summed E-state index contributed by atoms with van der Waals surface area (Å²) in [5.74, 6) is 0.597. The number of hydrogen-bond donors (Lipinski definition) is 1. The molecular weight excluding hydrogens is 232 g/mol. The van der Waals surface area contributed by atoms with Crippen molar-refractivity contribution in [1.29, 1.82) is 0 Å². The van der Waals surface area contributed by atoms with Crippen LogP contribution in [-0.4, -0.2) is 38.5 Å². The van der Waals surface area contributed by atoms with Crippen molar-refractivity contribution in [2.75, 3.05) is 33.5 Å². The molecule has 0 unspecified atom stereocenters. The average molecular weight is 254 g/mol. The molecule has 0 aliphatic rings. The van der Waals surface area contributed by atoms with Gasteiger partial charge in [0.1, 0.15) is 6.61 Å². The van der Waals surface area contributed by atoms with Crippen LogP contribution in [-0.2, 0) is 9.47 Å². The van der Waals surface area contributed by atoms with Gasteiger partial charge >= 0.3 is 0 Å². The standard InChI is InChI=1S/C13H22N2O3/c1-11(14)12-4-5-13(15-10-12)18-9-8-17-7-3-6-16-2/h4-5,10-11H,3,6-9,14H2,1-2H3/t11-/m0/s1. The van der Waals surface area contributed by atoms with Gasteiger partial charge in [-0.1, -0.05) is 6.07 Å². The van der Waals surface area contributed by atoms with Crippen LogP contribution in [0.4, 0.5) is 0 Å². The Morgan fingerprint density at radius 3 is 2.67 bits per heavy atom. The van der Waals surface area contributed by atoms with E-state index in [-0.39, 0.29) is 6.04 Å². The van der Waals surface area contributed by atoms with Crippen molar-refractivity contribution < 1.29 is 14.2 Å². The Balaban J connectivity index is 2.12. The first-order valence-electron chi connectivity index (χ1n) is 6.15. The third-order valence-electron chi connectivity index (χ3n) is 2.40. The molecule has 1 atom stereocenters. The van der Waals surface area contributed by atoms with Gasteiger partial charge in [0.2, 0.25) is 5.88 Å². The van der Waals surface area contributed by atoms with Gasteiger partial charge in [-0.15, -0.1) is 0 Å². The van der Waals surface area contributed by atoms with Crippen LogP contribution in [0.3, 0.4) is 0 Å². The second-order valence-electron chi connectivity index (χ2n) is 4.03. The van der Waals surface area contributed by atoms with Crippen molar-refractivity contribution in [2.24, 2.45) is 5.73 Å². The highest BCUT2D eigenvalue weighted by Crippen LogP contribution is 2.12. The minimum Gasteiger partial charge on any atom is -0.475 e. The predicted molar refractivity (Wildman–Crippen MR) is 69.6 cm³/mol. The lowest BCUT2D eigenvalue weighted by Gasteiger charge is -2.08. The first-order valence-corrected chi connectivity index (χ1v) is 6.15. The van der Waals surface area contributed by atoms with E-state index >= 15 is 0 Å². The maximum atomic E-state index is 5.73. The number of rotatable bonds is 9. The van der Waals surface area contributed by atoms with Gasteiger partial charge in [-0.3, -0.25) is 0 Å². The van der Waals surface area contributed by atoms with Crippen molar-refractivity contribution in [3.05, 3.63) is 23.9 Å². The van der Waals surface area contributed by atoms with Gasteiger partial charge in [-0.2, -0.15) is 0 Å². The zero-order valence-electron chi connectivity index (χ0n) is 11.1. The van der Waals surface area contributed by atoms with Crippen molar-refractivity contribution in [2.45, 2.75) is 19.4 Å². The van der Waals surface area contributed by atoms with Crippen LogP contribution in [0.1, 0.15) is 24.9 Å². The Kier molecular flexibility index (Phi) is 7.32. The third kappa shape index (κ3) is 5.95. The fourth-order valence-electron chi connectivity index (χ4n) is 1.36. The van der Waals surface area contributed by atoms with Gasteiger partial charge in [-0.05, 0) is 18.9 Å². The molecule has 0 bridgehead atoms. The Hall–Kier alpha value is -1.17. The molecule has 1 rings (SSSR count). The molecule has 0 fully saturated rings. The monoisotopic (exact) mass is 254 g/mol. The van der Waals surface area contributed by atoms with E-state index in [9.17, 15) is 0 Å². The molecule has 1 heterocycles. The van der Waals surface area contributed by atoms with E-state index in [1.807, 2.05) is 19.1 Å². The largest absolute Gasteiger partial charge is 0.475 e. The quantitative estimate of drug-likeness (QED) is 0.677.